The first kappa shape index (κ1) is 12.2. The SMILES string of the molecule is Cc1ccccc1CNCc1cccc2c1NCC2. The molecule has 0 spiro atoms. The molecule has 2 nitrogen and oxygen atoms in total. The number of hydrogen-bond donors (Lipinski definition) is 2. The number of benzene rings is 2. The second-order valence-electron chi connectivity index (χ2n) is 5.16. The highest BCUT2D eigenvalue weighted by molar-refractivity contribution is 5.61. The third-order valence-electron chi connectivity index (χ3n) is 3.83. The van der Waals surface area contributed by atoms with Crippen molar-refractivity contribution in [3.05, 3.63) is 64.7 Å². The molecule has 0 fully saturated rings. The first-order valence-corrected chi connectivity index (χ1v) is 6.94. The zero-order chi connectivity index (χ0) is 13.1. The van der Waals surface area contributed by atoms with Crippen LogP contribution >= 0.6 is 0 Å². The first-order chi connectivity index (χ1) is 9.34. The van der Waals surface area contributed by atoms with Gasteiger partial charge in [-0.3, -0.25) is 0 Å². The van der Waals surface area contributed by atoms with E-state index in [1.807, 2.05) is 0 Å². The second-order valence-corrected chi connectivity index (χ2v) is 5.16. The molecule has 0 bridgehead atoms. The van der Waals surface area contributed by atoms with Gasteiger partial charge in [-0.2, -0.15) is 0 Å². The summed E-state index contributed by atoms with van der Waals surface area (Å²) in [6, 6.07) is 15.1. The molecule has 1 heterocycles. The fourth-order valence-electron chi connectivity index (χ4n) is 2.70. The Morgan fingerprint density at radius 1 is 1.00 bits per heavy atom. The summed E-state index contributed by atoms with van der Waals surface area (Å²) in [5.41, 5.74) is 6.91. The second kappa shape index (κ2) is 5.45. The first-order valence-electron chi connectivity index (χ1n) is 6.94. The number of anilines is 1. The number of fused-ring (bicyclic) bond motifs is 1. The summed E-state index contributed by atoms with van der Waals surface area (Å²) in [4.78, 5) is 0. The molecule has 0 atom stereocenters. The molecule has 0 amide bonds. The highest BCUT2D eigenvalue weighted by Crippen LogP contribution is 2.26. The predicted molar refractivity (Wildman–Crippen MR) is 80.4 cm³/mol. The van der Waals surface area contributed by atoms with Crippen LogP contribution in [0.2, 0.25) is 0 Å². The summed E-state index contributed by atoms with van der Waals surface area (Å²) in [5, 5.41) is 7.04. The van der Waals surface area contributed by atoms with E-state index < -0.39 is 0 Å². The Morgan fingerprint density at radius 3 is 2.68 bits per heavy atom. The standard InChI is InChI=1S/C17H20N2/c1-13-5-2-3-6-15(13)11-18-12-16-8-4-7-14-9-10-19-17(14)16/h2-8,18-19H,9-12H2,1H3. The van der Waals surface area contributed by atoms with E-state index in [9.17, 15) is 0 Å². The van der Waals surface area contributed by atoms with Gasteiger partial charge in [-0.25, -0.2) is 0 Å². The lowest BCUT2D eigenvalue weighted by molar-refractivity contribution is 0.691. The van der Waals surface area contributed by atoms with E-state index in [-0.39, 0.29) is 0 Å². The third kappa shape index (κ3) is 2.64. The van der Waals surface area contributed by atoms with E-state index in [2.05, 4.69) is 60.0 Å². The van der Waals surface area contributed by atoms with Crippen LogP contribution in [0.5, 0.6) is 0 Å². The Kier molecular flexibility index (Phi) is 3.51. The molecule has 19 heavy (non-hydrogen) atoms. The molecule has 0 saturated carbocycles. The molecule has 0 aliphatic carbocycles. The molecule has 1 aliphatic heterocycles. The molecular weight excluding hydrogens is 232 g/mol. The van der Waals surface area contributed by atoms with Gasteiger partial charge >= 0.3 is 0 Å². The lowest BCUT2D eigenvalue weighted by atomic mass is 10.1. The number of nitrogens with one attached hydrogen (secondary N) is 2. The highest BCUT2D eigenvalue weighted by atomic mass is 14.9. The topological polar surface area (TPSA) is 24.1 Å². The maximum atomic E-state index is 3.55. The van der Waals surface area contributed by atoms with E-state index in [1.165, 1.54) is 27.9 Å². The molecule has 1 aliphatic rings. The maximum Gasteiger partial charge on any atom is 0.0419 e. The molecule has 2 aromatic carbocycles. The van der Waals surface area contributed by atoms with Gasteiger partial charge in [-0.15, -0.1) is 0 Å². The van der Waals surface area contributed by atoms with Crippen LogP contribution in [0.15, 0.2) is 42.5 Å². The Labute approximate surface area is 114 Å². The molecule has 0 saturated heterocycles. The predicted octanol–water partition coefficient (Wildman–Crippen LogP) is 3.25. The molecule has 0 radical (unpaired) electrons. The van der Waals surface area contributed by atoms with E-state index in [1.54, 1.807) is 0 Å². The molecule has 2 aromatic rings. The summed E-state index contributed by atoms with van der Waals surface area (Å²) in [5.74, 6) is 0. The van der Waals surface area contributed by atoms with E-state index in [0.29, 0.717) is 0 Å². The van der Waals surface area contributed by atoms with Crippen LogP contribution in [-0.2, 0) is 19.5 Å². The van der Waals surface area contributed by atoms with Crippen LogP contribution in [0.25, 0.3) is 0 Å². The van der Waals surface area contributed by atoms with Gasteiger partial charge in [0, 0.05) is 25.3 Å². The monoisotopic (exact) mass is 252 g/mol. The third-order valence-corrected chi connectivity index (χ3v) is 3.83. The number of rotatable bonds is 4. The van der Waals surface area contributed by atoms with Crippen LogP contribution in [0, 0.1) is 6.92 Å². The van der Waals surface area contributed by atoms with Crippen LogP contribution < -0.4 is 10.6 Å². The molecule has 98 valence electrons. The molecule has 0 aromatic heterocycles. The van der Waals surface area contributed by atoms with Crippen molar-refractivity contribution in [2.75, 3.05) is 11.9 Å². The van der Waals surface area contributed by atoms with Crippen molar-refractivity contribution in [3.8, 4) is 0 Å². The van der Waals surface area contributed by atoms with Gasteiger partial charge < -0.3 is 10.6 Å². The zero-order valence-electron chi connectivity index (χ0n) is 11.4. The van der Waals surface area contributed by atoms with Crippen LogP contribution in [0.4, 0.5) is 5.69 Å². The van der Waals surface area contributed by atoms with Gasteiger partial charge in [0.05, 0.1) is 0 Å². The van der Waals surface area contributed by atoms with Crippen molar-refractivity contribution in [1.82, 2.24) is 5.32 Å². The quantitative estimate of drug-likeness (QED) is 0.873. The minimum absolute atomic E-state index is 0.921. The fourth-order valence-corrected chi connectivity index (χ4v) is 2.70. The van der Waals surface area contributed by atoms with Gasteiger partial charge in [0.15, 0.2) is 0 Å². The van der Waals surface area contributed by atoms with Crippen molar-refractivity contribution in [3.63, 3.8) is 0 Å². The normalized spacial score (nSPS) is 13.1. The summed E-state index contributed by atoms with van der Waals surface area (Å²) < 4.78 is 0. The lowest BCUT2D eigenvalue weighted by Crippen LogP contribution is -2.14. The highest BCUT2D eigenvalue weighted by Gasteiger charge is 2.12. The zero-order valence-corrected chi connectivity index (χ0v) is 11.4. The van der Waals surface area contributed by atoms with Crippen molar-refractivity contribution >= 4 is 5.69 Å². The van der Waals surface area contributed by atoms with Crippen LogP contribution in [0.3, 0.4) is 0 Å². The van der Waals surface area contributed by atoms with Crippen LogP contribution in [-0.4, -0.2) is 6.54 Å². The molecule has 2 N–H and O–H groups in total. The molecule has 3 rings (SSSR count). The van der Waals surface area contributed by atoms with Crippen molar-refractivity contribution in [1.29, 1.82) is 0 Å². The van der Waals surface area contributed by atoms with Gasteiger partial charge in [-0.05, 0) is 35.6 Å². The van der Waals surface area contributed by atoms with E-state index >= 15 is 0 Å². The molecule has 2 heteroatoms. The van der Waals surface area contributed by atoms with Gasteiger partial charge in [0.1, 0.15) is 0 Å². The number of hydrogen-bond acceptors (Lipinski definition) is 2. The summed E-state index contributed by atoms with van der Waals surface area (Å²) >= 11 is 0. The average Bonchev–Trinajstić information content (AvgIpc) is 2.90. The van der Waals surface area contributed by atoms with Gasteiger partial charge in [0.25, 0.3) is 0 Å². The van der Waals surface area contributed by atoms with Crippen molar-refractivity contribution in [2.45, 2.75) is 26.4 Å². The van der Waals surface area contributed by atoms with Gasteiger partial charge in [-0.1, -0.05) is 42.5 Å². The van der Waals surface area contributed by atoms with Crippen molar-refractivity contribution < 1.29 is 0 Å². The minimum atomic E-state index is 0.921. The van der Waals surface area contributed by atoms with E-state index in [0.717, 1.165) is 26.1 Å². The number of aryl methyl sites for hydroxylation is 1. The Hall–Kier alpha value is -1.80. The largest absolute Gasteiger partial charge is 0.384 e. The lowest BCUT2D eigenvalue weighted by Gasteiger charge is -2.11. The fraction of sp³-hybridized carbons (Fsp3) is 0.294. The summed E-state index contributed by atoms with van der Waals surface area (Å²) in [6.07, 6.45) is 1.15. The van der Waals surface area contributed by atoms with Gasteiger partial charge in [0.2, 0.25) is 0 Å². The van der Waals surface area contributed by atoms with Crippen LogP contribution in [0.1, 0.15) is 22.3 Å². The van der Waals surface area contributed by atoms with Crippen molar-refractivity contribution in [2.24, 2.45) is 0 Å². The number of para-hydroxylation sites is 1. The molecular formula is C17H20N2. The summed E-state index contributed by atoms with van der Waals surface area (Å²) in [6.45, 7) is 5.09. The van der Waals surface area contributed by atoms with E-state index in [4.69, 9.17) is 0 Å². The Balaban J connectivity index is 1.65. The summed E-state index contributed by atoms with van der Waals surface area (Å²) in [7, 11) is 0. The average molecular weight is 252 g/mol. The minimum Gasteiger partial charge on any atom is -0.384 e. The Bertz CT molecular complexity index is 575. The molecule has 0 unspecified atom stereocenters. The Morgan fingerprint density at radius 2 is 1.79 bits per heavy atom. The smallest absolute Gasteiger partial charge is 0.0419 e. The maximum absolute atomic E-state index is 3.55.